The number of hydrogen-bond acceptors (Lipinski definition) is 1. The van der Waals surface area contributed by atoms with Gasteiger partial charge in [0.2, 0.25) is 7.14 Å². The molecular weight excluding hydrogens is 356 g/mol. The quantitative estimate of drug-likeness (QED) is 0.579. The van der Waals surface area contributed by atoms with Crippen LogP contribution in [-0.4, -0.2) is 6.36 Å². The molecule has 0 radical (unpaired) electrons. The number of fused-ring (bicyclic) bond motifs is 3. The van der Waals surface area contributed by atoms with Crippen LogP contribution in [0.5, 0.6) is 5.75 Å². The average Bonchev–Trinajstić information content (AvgIpc) is 2.64. The number of halogens is 4. The van der Waals surface area contributed by atoms with Gasteiger partial charge < -0.3 is 4.74 Å². The zero-order chi connectivity index (χ0) is 12.8. The molecule has 5 heteroatoms. The number of hydrogen-bond donors (Lipinski definition) is 0. The Morgan fingerprint density at radius 1 is 0.889 bits per heavy atom. The summed E-state index contributed by atoms with van der Waals surface area (Å²) in [4.78, 5) is 0. The minimum absolute atomic E-state index is 0.131. The fraction of sp³-hybridized carbons (Fsp3) is 0.0769. The van der Waals surface area contributed by atoms with E-state index >= 15 is 0 Å². The van der Waals surface area contributed by atoms with Crippen LogP contribution in [0.15, 0.2) is 42.5 Å². The summed E-state index contributed by atoms with van der Waals surface area (Å²) in [6.45, 7) is 0. The molecule has 0 aromatic heterocycles. The maximum absolute atomic E-state index is 12.1. The smallest absolute Gasteiger partial charge is 0.406 e. The molecule has 1 nitrogen and oxygen atoms in total. The van der Waals surface area contributed by atoms with E-state index in [4.69, 9.17) is 0 Å². The molecule has 1 aliphatic rings. The first-order valence-electron chi connectivity index (χ1n) is 5.17. The zero-order valence-corrected chi connectivity index (χ0v) is 11.1. The molecule has 0 spiro atoms. The predicted octanol–water partition coefficient (Wildman–Crippen LogP) is 0.694. The van der Waals surface area contributed by atoms with Crippen LogP contribution in [-0.2, 0) is 0 Å². The van der Waals surface area contributed by atoms with Crippen molar-refractivity contribution in [3.05, 3.63) is 49.6 Å². The molecule has 0 atom stereocenters. The van der Waals surface area contributed by atoms with E-state index in [-0.39, 0.29) is 5.75 Å². The molecule has 0 aliphatic carbocycles. The van der Waals surface area contributed by atoms with Crippen molar-refractivity contribution < 1.29 is 39.1 Å². The van der Waals surface area contributed by atoms with Crippen LogP contribution < -0.4 is 25.9 Å². The molecule has 0 saturated heterocycles. The fourth-order valence-corrected chi connectivity index (χ4v) is 4.86. The van der Waals surface area contributed by atoms with Crippen LogP contribution in [0, 0.1) is 7.14 Å². The first-order chi connectivity index (χ1) is 8.53. The van der Waals surface area contributed by atoms with E-state index in [1.54, 1.807) is 6.07 Å². The predicted molar refractivity (Wildman–Crippen MR) is 56.0 cm³/mol. The molecule has 0 bridgehead atoms. The van der Waals surface area contributed by atoms with Gasteiger partial charge in [0, 0.05) is 17.2 Å². The van der Waals surface area contributed by atoms with Crippen LogP contribution in [0.25, 0.3) is 11.1 Å². The van der Waals surface area contributed by atoms with Gasteiger partial charge in [-0.3, -0.25) is 0 Å². The van der Waals surface area contributed by atoms with Gasteiger partial charge in [-0.2, -0.15) is 0 Å². The zero-order valence-electron chi connectivity index (χ0n) is 8.96. The fourth-order valence-electron chi connectivity index (χ4n) is 1.86. The highest BCUT2D eigenvalue weighted by molar-refractivity contribution is 5.65. The number of benzene rings is 2. The van der Waals surface area contributed by atoms with E-state index in [2.05, 4.69) is 4.74 Å². The van der Waals surface area contributed by atoms with Crippen LogP contribution in [0.4, 0.5) is 13.2 Å². The van der Waals surface area contributed by atoms with Crippen LogP contribution in [0.2, 0.25) is 0 Å². The second-order valence-electron chi connectivity index (χ2n) is 3.76. The summed E-state index contributed by atoms with van der Waals surface area (Å²) in [6.07, 6.45) is -4.63. The van der Waals surface area contributed by atoms with Crippen molar-refractivity contribution >= 4 is 0 Å². The largest absolute Gasteiger partial charge is 0.573 e. The maximum atomic E-state index is 12.1. The van der Waals surface area contributed by atoms with Crippen molar-refractivity contribution in [3.8, 4) is 16.9 Å². The minimum atomic E-state index is -4.63. The number of ether oxygens (including phenoxy) is 1. The molecule has 0 fully saturated rings. The lowest BCUT2D eigenvalue weighted by Crippen LogP contribution is -3.61. The second-order valence-corrected chi connectivity index (χ2v) is 6.63. The van der Waals surface area contributed by atoms with Gasteiger partial charge in [-0.05, 0) is 24.3 Å². The third-order valence-electron chi connectivity index (χ3n) is 2.54. The molecule has 2 aromatic carbocycles. The molecule has 0 N–H and O–H groups in total. The van der Waals surface area contributed by atoms with Crippen LogP contribution >= 0.6 is 0 Å². The Hall–Kier alpha value is -1.24. The summed E-state index contributed by atoms with van der Waals surface area (Å²) in [5, 5.41) is 0. The van der Waals surface area contributed by atoms with Crippen molar-refractivity contribution in [1.29, 1.82) is 0 Å². The molecule has 3 rings (SSSR count). The molecule has 18 heavy (non-hydrogen) atoms. The van der Waals surface area contributed by atoms with Gasteiger partial charge in [-0.1, -0.05) is 12.1 Å². The molecule has 1 aliphatic heterocycles. The second kappa shape index (κ2) is 4.15. The summed E-state index contributed by atoms with van der Waals surface area (Å²) in [5.74, 6) is -0.131. The third-order valence-corrected chi connectivity index (χ3v) is 5.54. The van der Waals surface area contributed by atoms with E-state index in [1.165, 1.54) is 15.7 Å². The molecule has 0 saturated carbocycles. The average molecular weight is 363 g/mol. The standard InChI is InChI=1S/C13H7F3IO/c14-13(15,16)18-8-5-6-10-9-3-1-2-4-11(9)17-12(10)7-8/h1-7H/q+1. The highest BCUT2D eigenvalue weighted by atomic mass is 127. The molecule has 1 heterocycles. The summed E-state index contributed by atoms with van der Waals surface area (Å²) < 4.78 is 42.6. The van der Waals surface area contributed by atoms with E-state index in [0.29, 0.717) is 0 Å². The van der Waals surface area contributed by atoms with Gasteiger partial charge in [0.05, 0.1) is 0 Å². The van der Waals surface area contributed by atoms with Gasteiger partial charge in [0.15, 0.2) is 0 Å². The SMILES string of the molecule is FC(F)(F)Oc1ccc2c(c1)[I+]c1ccccc1-2. The third kappa shape index (κ3) is 2.19. The van der Waals surface area contributed by atoms with E-state index < -0.39 is 27.6 Å². The van der Waals surface area contributed by atoms with Gasteiger partial charge in [-0.25, -0.2) is 0 Å². The van der Waals surface area contributed by atoms with E-state index in [1.807, 2.05) is 24.3 Å². The Kier molecular flexibility index (Phi) is 2.73. The summed E-state index contributed by atoms with van der Waals surface area (Å²) in [7, 11) is 0. The first kappa shape index (κ1) is 11.8. The van der Waals surface area contributed by atoms with Gasteiger partial charge in [0.25, 0.3) is 0 Å². The number of alkyl halides is 3. The molecule has 0 unspecified atom stereocenters. The van der Waals surface area contributed by atoms with Crippen molar-refractivity contribution in [3.63, 3.8) is 0 Å². The van der Waals surface area contributed by atoms with Gasteiger partial charge >= 0.3 is 27.6 Å². The highest BCUT2D eigenvalue weighted by Gasteiger charge is 2.36. The van der Waals surface area contributed by atoms with Crippen LogP contribution in [0.1, 0.15) is 0 Å². The summed E-state index contributed by atoms with van der Waals surface area (Å²) >= 11 is -0.404. The Balaban J connectivity index is 1.98. The van der Waals surface area contributed by atoms with Crippen molar-refractivity contribution in [2.75, 3.05) is 0 Å². The van der Waals surface area contributed by atoms with Crippen molar-refractivity contribution in [2.24, 2.45) is 0 Å². The first-order valence-corrected chi connectivity index (χ1v) is 7.33. The van der Waals surface area contributed by atoms with E-state index in [0.717, 1.165) is 14.7 Å². The highest BCUT2D eigenvalue weighted by Crippen LogP contribution is 2.28. The minimum Gasteiger partial charge on any atom is -0.406 e. The van der Waals surface area contributed by atoms with Gasteiger partial charge in [0.1, 0.15) is 5.75 Å². The molecule has 92 valence electrons. The summed E-state index contributed by atoms with van der Waals surface area (Å²) in [6, 6.07) is 12.5. The monoisotopic (exact) mass is 363 g/mol. The Morgan fingerprint density at radius 2 is 1.61 bits per heavy atom. The Morgan fingerprint density at radius 3 is 2.39 bits per heavy atom. The Labute approximate surface area is 112 Å². The normalized spacial score (nSPS) is 13.1. The molecule has 2 aromatic rings. The van der Waals surface area contributed by atoms with Crippen molar-refractivity contribution in [1.82, 2.24) is 0 Å². The van der Waals surface area contributed by atoms with Crippen LogP contribution in [0.3, 0.4) is 0 Å². The lowest BCUT2D eigenvalue weighted by molar-refractivity contribution is -0.589. The van der Waals surface area contributed by atoms with Gasteiger partial charge in [-0.15, -0.1) is 13.2 Å². The molecule has 0 amide bonds. The Bertz CT molecular complexity index is 607. The van der Waals surface area contributed by atoms with E-state index in [9.17, 15) is 13.2 Å². The number of rotatable bonds is 1. The van der Waals surface area contributed by atoms with Crippen molar-refractivity contribution in [2.45, 2.75) is 6.36 Å². The lowest BCUT2D eigenvalue weighted by Gasteiger charge is -2.08. The summed E-state index contributed by atoms with van der Waals surface area (Å²) in [5.41, 5.74) is 2.17. The maximum Gasteiger partial charge on any atom is 0.573 e. The topological polar surface area (TPSA) is 9.23 Å². The lowest BCUT2D eigenvalue weighted by atomic mass is 10.1. The molecular formula is C13H7F3IO+.